The second-order valence-electron chi connectivity index (χ2n) is 2.88. The number of hydrogen-bond donors (Lipinski definition) is 1. The Morgan fingerprint density at radius 2 is 2.17 bits per heavy atom. The molecule has 1 aromatic carbocycles. The number of halogens is 1. The fraction of sp³-hybridized carbons (Fsp3) is 0.222. The van der Waals surface area contributed by atoms with Gasteiger partial charge in [0.15, 0.2) is 0 Å². The van der Waals surface area contributed by atoms with Crippen molar-refractivity contribution in [1.29, 1.82) is 0 Å². The maximum atomic E-state index is 12.7. The fourth-order valence-corrected chi connectivity index (χ4v) is 1.57. The van der Waals surface area contributed by atoms with Crippen LogP contribution in [0.4, 0.5) is 4.39 Å². The molecule has 2 rings (SSSR count). The lowest BCUT2D eigenvalue weighted by atomic mass is 10.1. The van der Waals surface area contributed by atoms with Gasteiger partial charge in [-0.25, -0.2) is 4.39 Å². The molecule has 0 unspecified atom stereocenters. The number of nitrogens with two attached hydrogens (primary N) is 1. The molecular weight excluding hydrogens is 155 g/mol. The Hall–Kier alpha value is -1.38. The van der Waals surface area contributed by atoms with E-state index in [1.165, 1.54) is 6.07 Å². The average Bonchev–Trinajstić information content (AvgIpc) is 2.46. The molecule has 0 amide bonds. The van der Waals surface area contributed by atoms with E-state index < -0.39 is 0 Å². The van der Waals surface area contributed by atoms with Crippen LogP contribution in [0.5, 0.6) is 0 Å². The van der Waals surface area contributed by atoms with Crippen molar-refractivity contribution in [3.8, 4) is 0 Å². The summed E-state index contributed by atoms with van der Waals surface area (Å²) in [5, 5.41) is 3.65. The number of fused-ring (bicyclic) bond motifs is 1. The number of nitrogens with zero attached hydrogens (tertiary/aromatic N) is 1. The second-order valence-corrected chi connectivity index (χ2v) is 2.88. The van der Waals surface area contributed by atoms with Crippen LogP contribution in [0.25, 0.3) is 0 Å². The van der Waals surface area contributed by atoms with E-state index in [-0.39, 0.29) is 5.82 Å². The molecule has 62 valence electrons. The molecular formula is C9H9FN2. The standard InChI is InChI=1S/C9H9FN2/c10-7-2-3-8-6(5-7)1-4-9(8)12-11/h2-3,5H,1,4,11H2/b12-9+. The van der Waals surface area contributed by atoms with Crippen LogP contribution in [0.15, 0.2) is 23.3 Å². The zero-order chi connectivity index (χ0) is 8.55. The van der Waals surface area contributed by atoms with Crippen molar-refractivity contribution < 1.29 is 4.39 Å². The molecule has 3 heteroatoms. The third-order valence-corrected chi connectivity index (χ3v) is 2.17. The Morgan fingerprint density at radius 1 is 1.33 bits per heavy atom. The minimum Gasteiger partial charge on any atom is -0.323 e. The number of aryl methyl sites for hydroxylation is 1. The largest absolute Gasteiger partial charge is 0.323 e. The maximum absolute atomic E-state index is 12.7. The number of hydrogen-bond acceptors (Lipinski definition) is 2. The molecule has 0 radical (unpaired) electrons. The normalized spacial score (nSPS) is 18.2. The molecule has 2 nitrogen and oxygen atoms in total. The van der Waals surface area contributed by atoms with Gasteiger partial charge in [0.05, 0.1) is 5.71 Å². The first-order valence-electron chi connectivity index (χ1n) is 3.87. The van der Waals surface area contributed by atoms with Crippen LogP contribution < -0.4 is 5.84 Å². The Balaban J connectivity index is 2.55. The molecule has 0 saturated heterocycles. The number of hydrazone groups is 1. The van der Waals surface area contributed by atoms with Gasteiger partial charge in [0, 0.05) is 5.56 Å². The van der Waals surface area contributed by atoms with Gasteiger partial charge in [0.1, 0.15) is 5.82 Å². The number of benzene rings is 1. The molecule has 0 aliphatic heterocycles. The zero-order valence-corrected chi connectivity index (χ0v) is 6.55. The second kappa shape index (κ2) is 2.59. The minimum atomic E-state index is -0.188. The SMILES string of the molecule is N/N=C1\CCc2cc(F)ccc21. The van der Waals surface area contributed by atoms with Crippen LogP contribution in [0.1, 0.15) is 17.5 Å². The summed E-state index contributed by atoms with van der Waals surface area (Å²) in [4.78, 5) is 0. The molecule has 0 heterocycles. The van der Waals surface area contributed by atoms with Crippen molar-refractivity contribution in [2.75, 3.05) is 0 Å². The van der Waals surface area contributed by atoms with E-state index in [2.05, 4.69) is 5.10 Å². The summed E-state index contributed by atoms with van der Waals surface area (Å²) >= 11 is 0. The minimum absolute atomic E-state index is 0.188. The van der Waals surface area contributed by atoms with Gasteiger partial charge in [0.25, 0.3) is 0 Å². The van der Waals surface area contributed by atoms with Crippen molar-refractivity contribution in [1.82, 2.24) is 0 Å². The summed E-state index contributed by atoms with van der Waals surface area (Å²) in [6.45, 7) is 0. The van der Waals surface area contributed by atoms with Gasteiger partial charge in [-0.1, -0.05) is 0 Å². The fourth-order valence-electron chi connectivity index (χ4n) is 1.57. The summed E-state index contributed by atoms with van der Waals surface area (Å²) in [6, 6.07) is 4.73. The highest BCUT2D eigenvalue weighted by Crippen LogP contribution is 2.22. The predicted molar refractivity (Wildman–Crippen MR) is 45.4 cm³/mol. The highest BCUT2D eigenvalue weighted by Gasteiger charge is 2.17. The molecule has 0 saturated carbocycles. The molecule has 0 fully saturated rings. The van der Waals surface area contributed by atoms with E-state index >= 15 is 0 Å². The van der Waals surface area contributed by atoms with E-state index in [0.29, 0.717) is 0 Å². The summed E-state index contributed by atoms with van der Waals surface area (Å²) in [6.07, 6.45) is 1.68. The van der Waals surface area contributed by atoms with Crippen molar-refractivity contribution in [2.45, 2.75) is 12.8 Å². The highest BCUT2D eigenvalue weighted by molar-refractivity contribution is 6.04. The monoisotopic (exact) mass is 164 g/mol. The van der Waals surface area contributed by atoms with Crippen molar-refractivity contribution in [2.24, 2.45) is 10.9 Å². The lowest BCUT2D eigenvalue weighted by molar-refractivity contribution is 0.626. The molecule has 12 heavy (non-hydrogen) atoms. The molecule has 0 aromatic heterocycles. The van der Waals surface area contributed by atoms with Gasteiger partial charge < -0.3 is 5.84 Å². The van der Waals surface area contributed by atoms with Gasteiger partial charge in [-0.2, -0.15) is 5.10 Å². The van der Waals surface area contributed by atoms with Crippen LogP contribution >= 0.6 is 0 Å². The van der Waals surface area contributed by atoms with Crippen LogP contribution in [0, 0.1) is 5.82 Å². The Labute approximate surface area is 69.9 Å². The Bertz CT molecular complexity index is 344. The van der Waals surface area contributed by atoms with E-state index in [1.807, 2.05) is 0 Å². The number of rotatable bonds is 0. The molecule has 1 aliphatic rings. The molecule has 1 aromatic rings. The van der Waals surface area contributed by atoms with Crippen molar-refractivity contribution in [3.63, 3.8) is 0 Å². The average molecular weight is 164 g/mol. The lowest BCUT2D eigenvalue weighted by Crippen LogP contribution is -1.98. The maximum Gasteiger partial charge on any atom is 0.123 e. The van der Waals surface area contributed by atoms with Crippen LogP contribution in [-0.2, 0) is 6.42 Å². The molecule has 0 spiro atoms. The molecule has 0 atom stereocenters. The topological polar surface area (TPSA) is 38.4 Å². The molecule has 0 bridgehead atoms. The van der Waals surface area contributed by atoms with Gasteiger partial charge >= 0.3 is 0 Å². The third kappa shape index (κ3) is 0.978. The summed E-state index contributed by atoms with van der Waals surface area (Å²) in [7, 11) is 0. The predicted octanol–water partition coefficient (Wildman–Crippen LogP) is 1.43. The van der Waals surface area contributed by atoms with Gasteiger partial charge in [-0.3, -0.25) is 0 Å². The Kier molecular flexibility index (Phi) is 1.57. The summed E-state index contributed by atoms with van der Waals surface area (Å²) < 4.78 is 12.7. The van der Waals surface area contributed by atoms with E-state index in [0.717, 1.165) is 29.7 Å². The van der Waals surface area contributed by atoms with E-state index in [9.17, 15) is 4.39 Å². The summed E-state index contributed by atoms with van der Waals surface area (Å²) in [5.74, 6) is 4.99. The smallest absolute Gasteiger partial charge is 0.123 e. The quantitative estimate of drug-likeness (QED) is 0.457. The first-order valence-corrected chi connectivity index (χ1v) is 3.87. The lowest BCUT2D eigenvalue weighted by Gasteiger charge is -1.97. The van der Waals surface area contributed by atoms with E-state index in [1.54, 1.807) is 12.1 Å². The summed E-state index contributed by atoms with van der Waals surface area (Å²) in [5.41, 5.74) is 2.89. The van der Waals surface area contributed by atoms with Gasteiger partial charge in [-0.15, -0.1) is 0 Å². The van der Waals surface area contributed by atoms with Crippen LogP contribution in [-0.4, -0.2) is 5.71 Å². The zero-order valence-electron chi connectivity index (χ0n) is 6.55. The van der Waals surface area contributed by atoms with Gasteiger partial charge in [0.2, 0.25) is 0 Å². The first kappa shape index (κ1) is 7.28. The highest BCUT2D eigenvalue weighted by atomic mass is 19.1. The van der Waals surface area contributed by atoms with Crippen molar-refractivity contribution >= 4 is 5.71 Å². The van der Waals surface area contributed by atoms with Crippen LogP contribution in [0.3, 0.4) is 0 Å². The molecule has 2 N–H and O–H groups in total. The Morgan fingerprint density at radius 3 is 2.92 bits per heavy atom. The first-order chi connectivity index (χ1) is 5.81. The van der Waals surface area contributed by atoms with E-state index in [4.69, 9.17) is 5.84 Å². The van der Waals surface area contributed by atoms with Crippen LogP contribution in [0.2, 0.25) is 0 Å². The molecule has 1 aliphatic carbocycles. The van der Waals surface area contributed by atoms with Crippen molar-refractivity contribution in [3.05, 3.63) is 35.1 Å². The van der Waals surface area contributed by atoms with Gasteiger partial charge in [-0.05, 0) is 36.6 Å². The third-order valence-electron chi connectivity index (χ3n) is 2.17.